The summed E-state index contributed by atoms with van der Waals surface area (Å²) in [6, 6.07) is 14.5. The first-order valence-corrected chi connectivity index (χ1v) is 6.12. The molecule has 18 heavy (non-hydrogen) atoms. The molecule has 0 bridgehead atoms. The van der Waals surface area contributed by atoms with Gasteiger partial charge in [0.1, 0.15) is 0 Å². The summed E-state index contributed by atoms with van der Waals surface area (Å²) in [6.07, 6.45) is 0.913. The second-order valence-corrected chi connectivity index (χ2v) is 4.38. The lowest BCUT2D eigenvalue weighted by Crippen LogP contribution is -2.09. The van der Waals surface area contributed by atoms with Gasteiger partial charge in [0.15, 0.2) is 0 Å². The summed E-state index contributed by atoms with van der Waals surface area (Å²) in [5.74, 6) is 0. The molecule has 0 saturated carbocycles. The number of rotatable bonds is 3. The maximum absolute atomic E-state index is 5.16. The van der Waals surface area contributed by atoms with Crippen molar-refractivity contribution in [1.82, 2.24) is 0 Å². The molecule has 0 amide bonds. The second-order valence-electron chi connectivity index (χ2n) is 4.38. The number of hydrogen-bond acceptors (Lipinski definition) is 3. The average molecular weight is 240 g/mol. The fraction of sp³-hybridized carbons (Fsp3) is 0.200. The van der Waals surface area contributed by atoms with Crippen molar-refractivity contribution in [2.24, 2.45) is 0 Å². The number of hydrogen-bond donors (Lipinski definition) is 2. The Hall–Kier alpha value is -2.00. The van der Waals surface area contributed by atoms with Gasteiger partial charge in [-0.2, -0.15) is 0 Å². The van der Waals surface area contributed by atoms with Crippen LogP contribution in [0.15, 0.2) is 42.5 Å². The molecule has 2 aromatic carbocycles. The maximum Gasteiger partial charge on any atom is 0.0657 e. The van der Waals surface area contributed by atoms with Crippen LogP contribution < -0.4 is 10.6 Å². The van der Waals surface area contributed by atoms with Crippen LogP contribution in [0.1, 0.15) is 5.56 Å². The van der Waals surface area contributed by atoms with Crippen LogP contribution in [0.2, 0.25) is 0 Å². The highest BCUT2D eigenvalue weighted by molar-refractivity contribution is 5.91. The number of benzene rings is 2. The summed E-state index contributed by atoms with van der Waals surface area (Å²) in [5, 5.41) is 6.95. The minimum absolute atomic E-state index is 0.736. The Labute approximate surface area is 107 Å². The topological polar surface area (TPSA) is 33.3 Å². The second kappa shape index (κ2) is 4.70. The number of anilines is 4. The monoisotopic (exact) mass is 240 g/mol. The van der Waals surface area contributed by atoms with Gasteiger partial charge in [-0.15, -0.1) is 0 Å². The number of nitrogens with one attached hydrogen (secondary N) is 2. The van der Waals surface area contributed by atoms with E-state index < -0.39 is 0 Å². The van der Waals surface area contributed by atoms with Gasteiger partial charge in [0.25, 0.3) is 0 Å². The Morgan fingerprint density at radius 2 is 1.61 bits per heavy atom. The lowest BCUT2D eigenvalue weighted by Gasteiger charge is -2.25. The normalized spacial score (nSPS) is 12.1. The van der Waals surface area contributed by atoms with Crippen LogP contribution in [0, 0.1) is 0 Å². The lowest BCUT2D eigenvalue weighted by atomic mass is 10.1. The van der Waals surface area contributed by atoms with Crippen LogP contribution in [-0.2, 0) is 11.2 Å². The molecular formula is C15H16N2O. The molecule has 1 aliphatic heterocycles. The number of fused-ring (bicyclic) bond motifs is 2. The highest BCUT2D eigenvalue weighted by atomic mass is 16.5. The fourth-order valence-electron chi connectivity index (χ4n) is 2.25. The Bertz CT molecular complexity index is 566. The standard InChI is InChI=1S/C15H16N2O/c1-18-10-9-11-5-4-8-14-15(11)17-13-7-3-2-6-12(13)16-14/h2-8,16-17H,9-10H2,1H3. The highest BCUT2D eigenvalue weighted by Crippen LogP contribution is 2.40. The predicted octanol–water partition coefficient (Wildman–Crippen LogP) is 3.68. The van der Waals surface area contributed by atoms with Crippen molar-refractivity contribution in [1.29, 1.82) is 0 Å². The molecule has 3 heteroatoms. The zero-order valence-electron chi connectivity index (χ0n) is 10.4. The molecule has 0 saturated heterocycles. The van der Waals surface area contributed by atoms with E-state index in [4.69, 9.17) is 4.74 Å². The van der Waals surface area contributed by atoms with Crippen molar-refractivity contribution in [3.63, 3.8) is 0 Å². The van der Waals surface area contributed by atoms with E-state index >= 15 is 0 Å². The Morgan fingerprint density at radius 1 is 0.889 bits per heavy atom. The summed E-state index contributed by atoms with van der Waals surface area (Å²) < 4.78 is 5.16. The molecule has 92 valence electrons. The van der Waals surface area contributed by atoms with Crippen LogP contribution in [0.3, 0.4) is 0 Å². The van der Waals surface area contributed by atoms with E-state index in [1.54, 1.807) is 7.11 Å². The van der Waals surface area contributed by atoms with Gasteiger partial charge in [0.2, 0.25) is 0 Å². The quantitative estimate of drug-likeness (QED) is 0.732. The molecule has 1 heterocycles. The van der Waals surface area contributed by atoms with E-state index in [0.717, 1.165) is 35.8 Å². The molecule has 0 aliphatic carbocycles. The maximum atomic E-state index is 5.16. The van der Waals surface area contributed by atoms with Crippen molar-refractivity contribution in [3.8, 4) is 0 Å². The summed E-state index contributed by atoms with van der Waals surface area (Å²) >= 11 is 0. The summed E-state index contributed by atoms with van der Waals surface area (Å²) in [7, 11) is 1.73. The van der Waals surface area contributed by atoms with Crippen LogP contribution in [-0.4, -0.2) is 13.7 Å². The van der Waals surface area contributed by atoms with Gasteiger partial charge >= 0.3 is 0 Å². The smallest absolute Gasteiger partial charge is 0.0657 e. The van der Waals surface area contributed by atoms with Gasteiger partial charge in [-0.1, -0.05) is 24.3 Å². The van der Waals surface area contributed by atoms with E-state index in [2.05, 4.69) is 41.0 Å². The third-order valence-corrected chi connectivity index (χ3v) is 3.18. The van der Waals surface area contributed by atoms with Crippen molar-refractivity contribution in [3.05, 3.63) is 48.0 Å². The van der Waals surface area contributed by atoms with Crippen LogP contribution in [0.25, 0.3) is 0 Å². The number of methoxy groups -OCH3 is 1. The molecule has 2 aromatic rings. The predicted molar refractivity (Wildman–Crippen MR) is 75.0 cm³/mol. The fourth-order valence-corrected chi connectivity index (χ4v) is 2.25. The van der Waals surface area contributed by atoms with Crippen LogP contribution >= 0.6 is 0 Å². The molecule has 0 fully saturated rings. The van der Waals surface area contributed by atoms with Gasteiger partial charge in [-0.05, 0) is 30.2 Å². The van der Waals surface area contributed by atoms with Gasteiger partial charge < -0.3 is 15.4 Å². The largest absolute Gasteiger partial charge is 0.384 e. The zero-order chi connectivity index (χ0) is 12.4. The number of para-hydroxylation sites is 3. The van der Waals surface area contributed by atoms with E-state index in [1.807, 2.05) is 12.1 Å². The molecule has 3 rings (SSSR count). The lowest BCUT2D eigenvalue weighted by molar-refractivity contribution is 0.202. The first-order chi connectivity index (χ1) is 8.88. The Balaban J connectivity index is 1.97. The van der Waals surface area contributed by atoms with Gasteiger partial charge in [-0.25, -0.2) is 0 Å². The molecule has 0 aromatic heterocycles. The molecule has 0 radical (unpaired) electrons. The average Bonchev–Trinajstić information content (AvgIpc) is 2.43. The Morgan fingerprint density at radius 3 is 2.39 bits per heavy atom. The van der Waals surface area contributed by atoms with E-state index in [1.165, 1.54) is 5.56 Å². The zero-order valence-corrected chi connectivity index (χ0v) is 10.4. The first kappa shape index (κ1) is 11.1. The molecule has 0 unspecified atom stereocenters. The third kappa shape index (κ3) is 1.93. The van der Waals surface area contributed by atoms with Gasteiger partial charge in [0.05, 0.1) is 29.4 Å². The molecule has 1 aliphatic rings. The van der Waals surface area contributed by atoms with Gasteiger partial charge in [-0.3, -0.25) is 0 Å². The van der Waals surface area contributed by atoms with Crippen molar-refractivity contribution in [2.45, 2.75) is 6.42 Å². The van der Waals surface area contributed by atoms with Crippen molar-refractivity contribution < 1.29 is 4.74 Å². The first-order valence-electron chi connectivity index (χ1n) is 6.12. The van der Waals surface area contributed by atoms with E-state index in [-0.39, 0.29) is 0 Å². The molecular weight excluding hydrogens is 224 g/mol. The van der Waals surface area contributed by atoms with Gasteiger partial charge in [0, 0.05) is 7.11 Å². The van der Waals surface area contributed by atoms with Crippen LogP contribution in [0.4, 0.5) is 22.7 Å². The van der Waals surface area contributed by atoms with Crippen molar-refractivity contribution in [2.75, 3.05) is 24.4 Å². The molecule has 0 spiro atoms. The molecule has 2 N–H and O–H groups in total. The minimum atomic E-state index is 0.736. The Kier molecular flexibility index (Phi) is 2.90. The summed E-state index contributed by atoms with van der Waals surface area (Å²) in [6.45, 7) is 0.736. The summed E-state index contributed by atoms with van der Waals surface area (Å²) in [5.41, 5.74) is 5.80. The third-order valence-electron chi connectivity index (χ3n) is 3.18. The van der Waals surface area contributed by atoms with Crippen molar-refractivity contribution >= 4 is 22.7 Å². The van der Waals surface area contributed by atoms with Crippen LogP contribution in [0.5, 0.6) is 0 Å². The highest BCUT2D eigenvalue weighted by Gasteiger charge is 2.15. The van der Waals surface area contributed by atoms with E-state index in [9.17, 15) is 0 Å². The number of ether oxygens (including phenoxy) is 1. The SMILES string of the molecule is COCCc1cccc2c1Nc1ccccc1N2. The summed E-state index contributed by atoms with van der Waals surface area (Å²) in [4.78, 5) is 0. The molecule has 0 atom stereocenters. The van der Waals surface area contributed by atoms with E-state index in [0.29, 0.717) is 0 Å². The molecule has 3 nitrogen and oxygen atoms in total. The minimum Gasteiger partial charge on any atom is -0.384 e.